The second-order valence-electron chi connectivity index (χ2n) is 4.08. The number of ether oxygens (including phenoxy) is 1. The van der Waals surface area contributed by atoms with Gasteiger partial charge in [0.2, 0.25) is 0 Å². The first-order valence-electron chi connectivity index (χ1n) is 5.80. The Morgan fingerprint density at radius 2 is 2.29 bits per heavy atom. The molecule has 0 spiro atoms. The summed E-state index contributed by atoms with van der Waals surface area (Å²) in [6.45, 7) is 6.63. The van der Waals surface area contributed by atoms with Crippen molar-refractivity contribution in [2.75, 3.05) is 13.2 Å². The molecule has 0 amide bonds. The molecule has 2 aliphatic heterocycles. The van der Waals surface area contributed by atoms with Gasteiger partial charge >= 0.3 is 5.97 Å². The molecule has 5 heteroatoms. The van der Waals surface area contributed by atoms with Gasteiger partial charge in [0.15, 0.2) is 6.54 Å². The van der Waals surface area contributed by atoms with E-state index in [-0.39, 0.29) is 5.97 Å². The van der Waals surface area contributed by atoms with Crippen LogP contribution in [0.1, 0.15) is 27.2 Å². The first kappa shape index (κ1) is 12.4. The molecule has 17 heavy (non-hydrogen) atoms. The van der Waals surface area contributed by atoms with Crippen LogP contribution < -0.4 is 0 Å². The fraction of sp³-hybridized carbons (Fsp3) is 0.500. The fourth-order valence-corrected chi connectivity index (χ4v) is 3.39. The number of thioether (sulfide) groups is 1. The number of rotatable bonds is 4. The summed E-state index contributed by atoms with van der Waals surface area (Å²) in [6.07, 6.45) is 2.96. The fourth-order valence-electron chi connectivity index (χ4n) is 2.17. The van der Waals surface area contributed by atoms with Gasteiger partial charge in [-0.1, -0.05) is 6.92 Å². The maximum atomic E-state index is 11.7. The Morgan fingerprint density at radius 3 is 2.94 bits per heavy atom. The van der Waals surface area contributed by atoms with E-state index >= 15 is 0 Å². The summed E-state index contributed by atoms with van der Waals surface area (Å²) in [7, 11) is 0. The van der Waals surface area contributed by atoms with Crippen LogP contribution >= 0.6 is 11.8 Å². The zero-order valence-corrected chi connectivity index (χ0v) is 11.2. The summed E-state index contributed by atoms with van der Waals surface area (Å²) in [5.74, 6) is -0.173. The van der Waals surface area contributed by atoms with Crippen LogP contribution in [-0.2, 0) is 9.53 Å². The van der Waals surface area contributed by atoms with Gasteiger partial charge in [0.05, 0.1) is 12.3 Å². The minimum Gasteiger partial charge on any atom is -0.462 e. The standard InChI is InChI=1S/C12H17N2O2S/c1-4-10-8-17-12-13-9(3)6-14(10,12)7-11(15)16-5-2/h6,8H,4-5,7H2,1-3H3/q+1. The SMILES string of the molecule is CCOC(=O)C[N+]12C=C(C)N=C1SC=C2CC. The van der Waals surface area contributed by atoms with E-state index in [0.717, 1.165) is 17.3 Å². The molecular formula is C12H17N2O2S+. The van der Waals surface area contributed by atoms with E-state index in [4.69, 9.17) is 4.74 Å². The molecule has 0 saturated heterocycles. The Bertz CT molecular complexity index is 440. The van der Waals surface area contributed by atoms with Gasteiger partial charge in [0.1, 0.15) is 11.9 Å². The molecule has 0 saturated carbocycles. The Hall–Kier alpha value is -1.07. The second-order valence-corrected chi connectivity index (χ2v) is 4.91. The summed E-state index contributed by atoms with van der Waals surface area (Å²) < 4.78 is 5.51. The number of hydrogen-bond acceptors (Lipinski definition) is 4. The molecule has 1 atom stereocenters. The molecule has 2 rings (SSSR count). The van der Waals surface area contributed by atoms with Gasteiger partial charge in [-0.05, 0) is 25.6 Å². The Morgan fingerprint density at radius 1 is 1.53 bits per heavy atom. The molecule has 0 aromatic heterocycles. The van der Waals surface area contributed by atoms with E-state index in [0.29, 0.717) is 17.6 Å². The highest BCUT2D eigenvalue weighted by molar-refractivity contribution is 8.16. The number of fused-ring (bicyclic) bond motifs is 1. The van der Waals surface area contributed by atoms with Crippen LogP contribution in [-0.4, -0.2) is 28.8 Å². The third kappa shape index (κ3) is 2.05. The summed E-state index contributed by atoms with van der Waals surface area (Å²) in [4.78, 5) is 16.2. The third-order valence-corrected chi connectivity index (χ3v) is 3.90. The number of aliphatic imine (C=N–C) groups is 1. The van der Waals surface area contributed by atoms with E-state index in [1.54, 1.807) is 11.8 Å². The van der Waals surface area contributed by atoms with Crippen molar-refractivity contribution in [1.29, 1.82) is 0 Å². The summed E-state index contributed by atoms with van der Waals surface area (Å²) in [5, 5.41) is 3.06. The average molecular weight is 253 g/mol. The Kier molecular flexibility index (Phi) is 3.40. The topological polar surface area (TPSA) is 38.7 Å². The van der Waals surface area contributed by atoms with Crippen molar-refractivity contribution >= 4 is 22.9 Å². The predicted molar refractivity (Wildman–Crippen MR) is 68.9 cm³/mol. The Labute approximate surface area is 106 Å². The van der Waals surface area contributed by atoms with Gasteiger partial charge < -0.3 is 4.74 Å². The first-order valence-corrected chi connectivity index (χ1v) is 6.68. The van der Waals surface area contributed by atoms with Crippen molar-refractivity contribution in [3.63, 3.8) is 0 Å². The van der Waals surface area contributed by atoms with E-state index in [1.165, 1.54) is 5.70 Å². The summed E-state index contributed by atoms with van der Waals surface area (Å²) in [5.41, 5.74) is 2.18. The number of nitrogens with zero attached hydrogens (tertiary/aromatic N) is 2. The molecule has 0 aliphatic carbocycles. The van der Waals surface area contributed by atoms with Crippen LogP contribution in [0.4, 0.5) is 0 Å². The van der Waals surface area contributed by atoms with Crippen molar-refractivity contribution in [3.05, 3.63) is 23.0 Å². The van der Waals surface area contributed by atoms with Crippen molar-refractivity contribution in [3.8, 4) is 0 Å². The number of carbonyl (C=O) groups is 1. The zero-order valence-electron chi connectivity index (χ0n) is 10.4. The zero-order chi connectivity index (χ0) is 12.5. The molecule has 0 fully saturated rings. The van der Waals surface area contributed by atoms with Crippen molar-refractivity contribution in [2.45, 2.75) is 27.2 Å². The lowest BCUT2D eigenvalue weighted by molar-refractivity contribution is -0.732. The van der Waals surface area contributed by atoms with E-state index in [9.17, 15) is 4.79 Å². The lowest BCUT2D eigenvalue weighted by Gasteiger charge is -2.27. The van der Waals surface area contributed by atoms with E-state index < -0.39 is 0 Å². The number of esters is 1. The largest absolute Gasteiger partial charge is 0.462 e. The quantitative estimate of drug-likeness (QED) is 0.571. The van der Waals surface area contributed by atoms with Gasteiger partial charge in [-0.15, -0.1) is 0 Å². The monoisotopic (exact) mass is 253 g/mol. The normalized spacial score (nSPS) is 26.2. The van der Waals surface area contributed by atoms with Crippen LogP contribution in [0.15, 0.2) is 28.0 Å². The van der Waals surface area contributed by atoms with Crippen LogP contribution in [0.2, 0.25) is 0 Å². The smallest absolute Gasteiger partial charge is 0.363 e. The highest BCUT2D eigenvalue weighted by Crippen LogP contribution is 2.41. The van der Waals surface area contributed by atoms with Crippen molar-refractivity contribution < 1.29 is 14.0 Å². The van der Waals surface area contributed by atoms with Crippen LogP contribution in [0.25, 0.3) is 0 Å². The molecule has 92 valence electrons. The van der Waals surface area contributed by atoms with Crippen molar-refractivity contribution in [2.24, 2.45) is 4.99 Å². The highest BCUT2D eigenvalue weighted by Gasteiger charge is 2.47. The number of amidine groups is 1. The summed E-state index contributed by atoms with van der Waals surface area (Å²) in [6, 6.07) is 0. The lowest BCUT2D eigenvalue weighted by Crippen LogP contribution is -2.45. The predicted octanol–water partition coefficient (Wildman–Crippen LogP) is 2.60. The number of hydrogen-bond donors (Lipinski definition) is 0. The molecule has 0 radical (unpaired) electrons. The Balaban J connectivity index is 2.28. The maximum absolute atomic E-state index is 11.7. The third-order valence-electron chi connectivity index (χ3n) is 2.88. The van der Waals surface area contributed by atoms with Gasteiger partial charge in [-0.3, -0.25) is 0 Å². The first-order chi connectivity index (χ1) is 8.12. The molecule has 0 aromatic carbocycles. The lowest BCUT2D eigenvalue weighted by atomic mass is 10.2. The van der Waals surface area contributed by atoms with Crippen LogP contribution in [0, 0.1) is 0 Å². The van der Waals surface area contributed by atoms with Gasteiger partial charge in [-0.25, -0.2) is 9.28 Å². The van der Waals surface area contributed by atoms with Gasteiger partial charge in [0.25, 0.3) is 5.17 Å². The van der Waals surface area contributed by atoms with Gasteiger partial charge in [-0.2, -0.15) is 4.99 Å². The maximum Gasteiger partial charge on any atom is 0.363 e. The molecule has 0 aromatic rings. The molecule has 4 nitrogen and oxygen atoms in total. The number of quaternary nitrogens is 1. The summed E-state index contributed by atoms with van der Waals surface area (Å²) >= 11 is 1.61. The van der Waals surface area contributed by atoms with Gasteiger partial charge in [0, 0.05) is 11.8 Å². The molecule has 2 aliphatic rings. The van der Waals surface area contributed by atoms with E-state index in [1.807, 2.05) is 20.0 Å². The average Bonchev–Trinajstić information content (AvgIpc) is 2.71. The molecular weight excluding hydrogens is 236 g/mol. The number of carbonyl (C=O) groups excluding carboxylic acids is 1. The van der Waals surface area contributed by atoms with Crippen LogP contribution in [0.3, 0.4) is 0 Å². The molecule has 1 unspecified atom stereocenters. The van der Waals surface area contributed by atoms with E-state index in [2.05, 4.69) is 17.3 Å². The minimum atomic E-state index is -0.173. The minimum absolute atomic E-state index is 0.173. The van der Waals surface area contributed by atoms with Crippen molar-refractivity contribution in [1.82, 2.24) is 0 Å². The molecule has 0 bridgehead atoms. The second kappa shape index (κ2) is 4.66. The molecule has 0 N–H and O–H groups in total. The van der Waals surface area contributed by atoms with Crippen LogP contribution in [0.5, 0.6) is 0 Å². The highest BCUT2D eigenvalue weighted by atomic mass is 32.2. The number of allylic oxidation sites excluding steroid dienone is 2. The molecule has 2 heterocycles.